The standard InChI is InChI=1S/C11H16N4S2/c1-3-5-6-12-10-13-7-8-9(15-10)17-11(14-8)16-4-2/h7H,3-6H2,1-2H3,(H,12,13,15). The molecule has 0 saturated carbocycles. The second-order valence-corrected chi connectivity index (χ2v) is 6.07. The number of anilines is 1. The summed E-state index contributed by atoms with van der Waals surface area (Å²) in [6.07, 6.45) is 4.11. The summed E-state index contributed by atoms with van der Waals surface area (Å²) in [4.78, 5) is 14.2. The zero-order chi connectivity index (χ0) is 12.1. The average molecular weight is 268 g/mol. The molecule has 0 bridgehead atoms. The van der Waals surface area contributed by atoms with Crippen molar-refractivity contribution in [3.63, 3.8) is 0 Å². The molecule has 6 heteroatoms. The Morgan fingerprint density at radius 2 is 2.24 bits per heavy atom. The molecule has 0 aromatic carbocycles. The van der Waals surface area contributed by atoms with E-state index in [0.717, 1.165) is 33.4 Å². The van der Waals surface area contributed by atoms with Crippen molar-refractivity contribution in [3.05, 3.63) is 6.20 Å². The van der Waals surface area contributed by atoms with Gasteiger partial charge in [-0.25, -0.2) is 15.0 Å². The largest absolute Gasteiger partial charge is 0.354 e. The highest BCUT2D eigenvalue weighted by atomic mass is 32.2. The zero-order valence-corrected chi connectivity index (χ0v) is 11.7. The molecular formula is C11H16N4S2. The summed E-state index contributed by atoms with van der Waals surface area (Å²) in [6.45, 7) is 5.22. The highest BCUT2D eigenvalue weighted by Gasteiger charge is 2.06. The minimum atomic E-state index is 0.711. The quantitative estimate of drug-likeness (QED) is 0.642. The lowest BCUT2D eigenvalue weighted by molar-refractivity contribution is 0.827. The van der Waals surface area contributed by atoms with E-state index in [9.17, 15) is 0 Å². The van der Waals surface area contributed by atoms with Gasteiger partial charge in [0.05, 0.1) is 6.20 Å². The van der Waals surface area contributed by atoms with Gasteiger partial charge in [-0.1, -0.05) is 43.4 Å². The monoisotopic (exact) mass is 268 g/mol. The molecule has 0 unspecified atom stereocenters. The number of hydrogen-bond acceptors (Lipinski definition) is 6. The third-order valence-corrected chi connectivity index (χ3v) is 4.20. The van der Waals surface area contributed by atoms with Crippen molar-refractivity contribution in [2.45, 2.75) is 31.0 Å². The van der Waals surface area contributed by atoms with Gasteiger partial charge in [0.1, 0.15) is 10.3 Å². The van der Waals surface area contributed by atoms with Crippen LogP contribution in [0.5, 0.6) is 0 Å². The van der Waals surface area contributed by atoms with Crippen molar-refractivity contribution in [2.75, 3.05) is 17.6 Å². The Hall–Kier alpha value is -0.880. The normalized spacial score (nSPS) is 10.9. The maximum absolute atomic E-state index is 4.47. The Morgan fingerprint density at radius 1 is 1.35 bits per heavy atom. The summed E-state index contributed by atoms with van der Waals surface area (Å²) in [6, 6.07) is 0. The van der Waals surface area contributed by atoms with Crippen LogP contribution in [-0.2, 0) is 0 Å². The van der Waals surface area contributed by atoms with Crippen LogP contribution in [0, 0.1) is 0 Å². The Kier molecular flexibility index (Phi) is 4.56. The number of thiazole rings is 1. The van der Waals surface area contributed by atoms with E-state index in [-0.39, 0.29) is 0 Å². The predicted octanol–water partition coefficient (Wildman–Crippen LogP) is 3.41. The molecule has 0 saturated heterocycles. The van der Waals surface area contributed by atoms with E-state index < -0.39 is 0 Å². The van der Waals surface area contributed by atoms with E-state index in [1.54, 1.807) is 29.3 Å². The minimum Gasteiger partial charge on any atom is -0.354 e. The number of rotatable bonds is 6. The molecule has 92 valence electrons. The first-order valence-corrected chi connectivity index (χ1v) is 7.64. The molecule has 2 aromatic rings. The first-order valence-electron chi connectivity index (χ1n) is 5.83. The molecule has 0 amide bonds. The van der Waals surface area contributed by atoms with Gasteiger partial charge in [0, 0.05) is 6.54 Å². The van der Waals surface area contributed by atoms with Gasteiger partial charge in [-0.05, 0) is 12.2 Å². The lowest BCUT2D eigenvalue weighted by atomic mass is 10.3. The van der Waals surface area contributed by atoms with Crippen molar-refractivity contribution in [1.29, 1.82) is 0 Å². The molecular weight excluding hydrogens is 252 g/mol. The van der Waals surface area contributed by atoms with Crippen molar-refractivity contribution >= 4 is 39.4 Å². The van der Waals surface area contributed by atoms with Gasteiger partial charge in [0.15, 0.2) is 4.34 Å². The van der Waals surface area contributed by atoms with Gasteiger partial charge in [0.2, 0.25) is 5.95 Å². The number of nitrogens with zero attached hydrogens (tertiary/aromatic N) is 3. The third-order valence-electron chi connectivity index (χ3n) is 2.21. The van der Waals surface area contributed by atoms with Crippen LogP contribution in [0.4, 0.5) is 5.95 Å². The maximum atomic E-state index is 4.47. The molecule has 2 aromatic heterocycles. The molecule has 17 heavy (non-hydrogen) atoms. The van der Waals surface area contributed by atoms with Crippen LogP contribution in [0.1, 0.15) is 26.7 Å². The van der Waals surface area contributed by atoms with Crippen LogP contribution in [0.3, 0.4) is 0 Å². The van der Waals surface area contributed by atoms with Crippen molar-refractivity contribution in [2.24, 2.45) is 0 Å². The molecule has 4 nitrogen and oxygen atoms in total. The van der Waals surface area contributed by atoms with Crippen molar-refractivity contribution in [1.82, 2.24) is 15.0 Å². The number of unbranched alkanes of at least 4 members (excludes halogenated alkanes) is 1. The van der Waals surface area contributed by atoms with Crippen LogP contribution in [0.15, 0.2) is 10.5 Å². The first-order chi connectivity index (χ1) is 8.33. The Morgan fingerprint density at radius 3 is 3.00 bits per heavy atom. The Labute approximate surface area is 109 Å². The van der Waals surface area contributed by atoms with Crippen LogP contribution in [0.2, 0.25) is 0 Å². The Bertz CT molecular complexity index is 483. The average Bonchev–Trinajstić information content (AvgIpc) is 2.71. The van der Waals surface area contributed by atoms with Gasteiger partial charge in [-0.2, -0.15) is 0 Å². The summed E-state index contributed by atoms with van der Waals surface area (Å²) in [5.41, 5.74) is 0.895. The fourth-order valence-electron chi connectivity index (χ4n) is 1.36. The zero-order valence-electron chi connectivity index (χ0n) is 10.1. The van der Waals surface area contributed by atoms with E-state index in [0.29, 0.717) is 5.95 Å². The molecule has 0 spiro atoms. The van der Waals surface area contributed by atoms with Crippen LogP contribution < -0.4 is 5.32 Å². The van der Waals surface area contributed by atoms with Crippen molar-refractivity contribution in [3.8, 4) is 0 Å². The molecule has 0 aliphatic heterocycles. The van der Waals surface area contributed by atoms with E-state index in [1.165, 1.54) is 6.42 Å². The first kappa shape index (κ1) is 12.6. The van der Waals surface area contributed by atoms with Gasteiger partial charge in [0.25, 0.3) is 0 Å². The van der Waals surface area contributed by atoms with Gasteiger partial charge in [-0.3, -0.25) is 0 Å². The highest BCUT2D eigenvalue weighted by molar-refractivity contribution is 8.01. The van der Waals surface area contributed by atoms with E-state index in [4.69, 9.17) is 0 Å². The number of nitrogens with one attached hydrogen (secondary N) is 1. The van der Waals surface area contributed by atoms with Crippen LogP contribution in [-0.4, -0.2) is 27.2 Å². The molecule has 0 radical (unpaired) electrons. The lowest BCUT2D eigenvalue weighted by Crippen LogP contribution is -2.04. The maximum Gasteiger partial charge on any atom is 0.224 e. The second kappa shape index (κ2) is 6.16. The summed E-state index contributed by atoms with van der Waals surface area (Å²) in [7, 11) is 0. The molecule has 2 rings (SSSR count). The molecule has 1 N–H and O–H groups in total. The molecule has 0 aliphatic rings. The number of fused-ring (bicyclic) bond motifs is 1. The third kappa shape index (κ3) is 3.29. The fourth-order valence-corrected chi connectivity index (χ4v) is 3.24. The van der Waals surface area contributed by atoms with Crippen LogP contribution in [0.25, 0.3) is 10.3 Å². The number of aromatic nitrogens is 3. The van der Waals surface area contributed by atoms with E-state index >= 15 is 0 Å². The Balaban J connectivity index is 2.12. The van der Waals surface area contributed by atoms with Crippen molar-refractivity contribution < 1.29 is 0 Å². The predicted molar refractivity (Wildman–Crippen MR) is 75.0 cm³/mol. The SMILES string of the molecule is CCCCNc1ncc2nc(SCC)sc2n1. The second-order valence-electron chi connectivity index (χ2n) is 3.58. The molecule has 0 atom stereocenters. The van der Waals surface area contributed by atoms with E-state index in [1.807, 2.05) is 0 Å². The van der Waals surface area contributed by atoms with Crippen LogP contribution >= 0.6 is 23.1 Å². The highest BCUT2D eigenvalue weighted by Crippen LogP contribution is 2.28. The van der Waals surface area contributed by atoms with Gasteiger partial charge >= 0.3 is 0 Å². The summed E-state index contributed by atoms with van der Waals surface area (Å²) in [5, 5.41) is 3.23. The molecule has 0 fully saturated rings. The lowest BCUT2D eigenvalue weighted by Gasteiger charge is -2.01. The number of thioether (sulfide) groups is 1. The van der Waals surface area contributed by atoms with Gasteiger partial charge in [-0.15, -0.1) is 0 Å². The minimum absolute atomic E-state index is 0.711. The van der Waals surface area contributed by atoms with E-state index in [2.05, 4.69) is 34.1 Å². The smallest absolute Gasteiger partial charge is 0.224 e. The summed E-state index contributed by atoms with van der Waals surface area (Å²) in [5.74, 6) is 1.75. The fraction of sp³-hybridized carbons (Fsp3) is 0.545. The molecule has 0 aliphatic carbocycles. The summed E-state index contributed by atoms with van der Waals surface area (Å²) >= 11 is 3.38. The van der Waals surface area contributed by atoms with Gasteiger partial charge < -0.3 is 5.32 Å². The number of hydrogen-bond donors (Lipinski definition) is 1. The summed E-state index contributed by atoms with van der Waals surface area (Å²) < 4.78 is 1.07. The topological polar surface area (TPSA) is 50.7 Å². The molecule has 2 heterocycles.